The maximum atomic E-state index is 11.4. The van der Waals surface area contributed by atoms with Crippen molar-refractivity contribution in [3.8, 4) is 11.8 Å². The molecule has 0 atom stereocenters. The first kappa shape index (κ1) is 12.7. The van der Waals surface area contributed by atoms with Crippen LogP contribution in [0.1, 0.15) is 48.0 Å². The Kier molecular flexibility index (Phi) is 4.41. The third kappa shape index (κ3) is 3.37. The molecule has 0 saturated heterocycles. The lowest BCUT2D eigenvalue weighted by Gasteiger charge is -2.15. The molecule has 1 saturated carbocycles. The number of carbonyl (C=O) groups excluding carboxylic acids is 1. The number of carbonyl (C=O) groups is 1. The van der Waals surface area contributed by atoms with Crippen molar-refractivity contribution in [2.24, 2.45) is 5.92 Å². The first-order valence-electron chi connectivity index (χ1n) is 6.49. The van der Waals surface area contributed by atoms with Crippen LogP contribution in [0.3, 0.4) is 0 Å². The van der Waals surface area contributed by atoms with E-state index in [1.807, 2.05) is 12.1 Å². The molecule has 0 aliphatic heterocycles. The average molecular weight is 242 g/mol. The average Bonchev–Trinajstić information content (AvgIpc) is 2.45. The number of hydrogen-bond acceptors (Lipinski definition) is 2. The molecular weight excluding hydrogens is 224 g/mol. The molecule has 1 aromatic carbocycles. The van der Waals surface area contributed by atoms with Gasteiger partial charge in [0.15, 0.2) is 0 Å². The minimum atomic E-state index is -0.309. The predicted molar refractivity (Wildman–Crippen MR) is 71.2 cm³/mol. The number of methoxy groups -OCH3 is 1. The molecule has 2 nitrogen and oxygen atoms in total. The zero-order chi connectivity index (χ0) is 12.8. The van der Waals surface area contributed by atoms with Gasteiger partial charge in [0.2, 0.25) is 0 Å². The number of rotatable bonds is 1. The molecule has 0 N–H and O–H groups in total. The van der Waals surface area contributed by atoms with Gasteiger partial charge in [-0.2, -0.15) is 0 Å². The monoisotopic (exact) mass is 242 g/mol. The van der Waals surface area contributed by atoms with Gasteiger partial charge in [0.05, 0.1) is 12.7 Å². The topological polar surface area (TPSA) is 26.3 Å². The van der Waals surface area contributed by atoms with Crippen LogP contribution in [0.15, 0.2) is 24.3 Å². The Bertz CT molecular complexity index is 473. The fourth-order valence-corrected chi connectivity index (χ4v) is 2.27. The normalized spacial score (nSPS) is 15.6. The first-order valence-corrected chi connectivity index (χ1v) is 6.49. The summed E-state index contributed by atoms with van der Waals surface area (Å²) in [6, 6.07) is 7.32. The van der Waals surface area contributed by atoms with Crippen molar-refractivity contribution >= 4 is 5.97 Å². The highest BCUT2D eigenvalue weighted by Crippen LogP contribution is 2.22. The SMILES string of the molecule is COC(=O)c1cccc(C#CC2CCCCC2)c1. The van der Waals surface area contributed by atoms with E-state index in [4.69, 9.17) is 4.74 Å². The van der Waals surface area contributed by atoms with E-state index in [1.165, 1.54) is 39.2 Å². The van der Waals surface area contributed by atoms with Crippen molar-refractivity contribution in [3.63, 3.8) is 0 Å². The smallest absolute Gasteiger partial charge is 0.337 e. The summed E-state index contributed by atoms with van der Waals surface area (Å²) in [5.41, 5.74) is 1.46. The minimum absolute atomic E-state index is 0.309. The van der Waals surface area contributed by atoms with Crippen LogP contribution >= 0.6 is 0 Å². The van der Waals surface area contributed by atoms with Crippen LogP contribution in [0.2, 0.25) is 0 Å². The highest BCUT2D eigenvalue weighted by molar-refractivity contribution is 5.89. The summed E-state index contributed by atoms with van der Waals surface area (Å²) in [5.74, 6) is 6.72. The molecule has 0 radical (unpaired) electrons. The summed E-state index contributed by atoms with van der Waals surface area (Å²) in [4.78, 5) is 11.4. The van der Waals surface area contributed by atoms with E-state index in [9.17, 15) is 4.79 Å². The Morgan fingerprint density at radius 3 is 2.78 bits per heavy atom. The third-order valence-electron chi connectivity index (χ3n) is 3.31. The number of esters is 1. The van der Waals surface area contributed by atoms with Crippen LogP contribution in [-0.4, -0.2) is 13.1 Å². The van der Waals surface area contributed by atoms with Crippen molar-refractivity contribution < 1.29 is 9.53 Å². The zero-order valence-electron chi connectivity index (χ0n) is 10.7. The zero-order valence-corrected chi connectivity index (χ0v) is 10.7. The molecule has 2 heteroatoms. The second kappa shape index (κ2) is 6.26. The van der Waals surface area contributed by atoms with Gasteiger partial charge in [0, 0.05) is 11.5 Å². The van der Waals surface area contributed by atoms with Gasteiger partial charge in [-0.15, -0.1) is 0 Å². The molecule has 0 amide bonds. The standard InChI is InChI=1S/C16H18O2/c1-18-16(17)15-9-5-8-14(12-15)11-10-13-6-3-2-4-7-13/h5,8-9,12-13H,2-4,6-7H2,1H3. The van der Waals surface area contributed by atoms with E-state index in [0.717, 1.165) is 5.56 Å². The summed E-state index contributed by atoms with van der Waals surface area (Å²) in [6.07, 6.45) is 6.35. The highest BCUT2D eigenvalue weighted by atomic mass is 16.5. The summed E-state index contributed by atoms with van der Waals surface area (Å²) >= 11 is 0. The van der Waals surface area contributed by atoms with E-state index in [1.54, 1.807) is 12.1 Å². The Labute approximate surface area is 108 Å². The van der Waals surface area contributed by atoms with Crippen molar-refractivity contribution in [3.05, 3.63) is 35.4 Å². The third-order valence-corrected chi connectivity index (χ3v) is 3.31. The second-order valence-corrected chi connectivity index (χ2v) is 4.68. The lowest BCUT2D eigenvalue weighted by Crippen LogP contribution is -2.03. The van der Waals surface area contributed by atoms with Crippen LogP contribution in [-0.2, 0) is 4.74 Å². The van der Waals surface area contributed by atoms with E-state index < -0.39 is 0 Å². The number of benzene rings is 1. The molecule has 0 unspecified atom stereocenters. The van der Waals surface area contributed by atoms with Gasteiger partial charge >= 0.3 is 5.97 Å². The molecule has 0 aromatic heterocycles. The Hall–Kier alpha value is -1.75. The van der Waals surface area contributed by atoms with Gasteiger partial charge in [0.25, 0.3) is 0 Å². The second-order valence-electron chi connectivity index (χ2n) is 4.68. The predicted octanol–water partition coefficient (Wildman–Crippen LogP) is 3.41. The molecule has 0 spiro atoms. The van der Waals surface area contributed by atoms with Gasteiger partial charge in [-0.05, 0) is 31.0 Å². The Morgan fingerprint density at radius 2 is 2.06 bits per heavy atom. The molecule has 1 fully saturated rings. The minimum Gasteiger partial charge on any atom is -0.465 e. The summed E-state index contributed by atoms with van der Waals surface area (Å²) < 4.78 is 4.70. The van der Waals surface area contributed by atoms with Crippen LogP contribution in [0.25, 0.3) is 0 Å². The van der Waals surface area contributed by atoms with Crippen molar-refractivity contribution in [2.45, 2.75) is 32.1 Å². The summed E-state index contributed by atoms with van der Waals surface area (Å²) in [7, 11) is 1.39. The number of ether oxygens (including phenoxy) is 1. The number of hydrogen-bond donors (Lipinski definition) is 0. The Balaban J connectivity index is 2.09. The van der Waals surface area contributed by atoms with Gasteiger partial charge < -0.3 is 4.74 Å². The summed E-state index contributed by atoms with van der Waals surface area (Å²) in [5, 5.41) is 0. The largest absolute Gasteiger partial charge is 0.465 e. The fourth-order valence-electron chi connectivity index (χ4n) is 2.27. The highest BCUT2D eigenvalue weighted by Gasteiger charge is 2.10. The molecule has 94 valence electrons. The molecule has 2 rings (SSSR count). The van der Waals surface area contributed by atoms with E-state index in [2.05, 4.69) is 11.8 Å². The molecule has 0 bridgehead atoms. The fraction of sp³-hybridized carbons (Fsp3) is 0.438. The van der Waals surface area contributed by atoms with Crippen LogP contribution in [0, 0.1) is 17.8 Å². The van der Waals surface area contributed by atoms with Crippen LogP contribution < -0.4 is 0 Å². The molecular formula is C16H18O2. The maximum absolute atomic E-state index is 11.4. The quantitative estimate of drug-likeness (QED) is 0.557. The first-order chi connectivity index (χ1) is 8.79. The molecule has 1 aliphatic rings. The van der Waals surface area contributed by atoms with E-state index >= 15 is 0 Å². The maximum Gasteiger partial charge on any atom is 0.337 e. The van der Waals surface area contributed by atoms with Gasteiger partial charge in [0.1, 0.15) is 0 Å². The molecule has 18 heavy (non-hydrogen) atoms. The van der Waals surface area contributed by atoms with Gasteiger partial charge in [-0.3, -0.25) is 0 Å². The van der Waals surface area contributed by atoms with Gasteiger partial charge in [-0.1, -0.05) is 37.2 Å². The van der Waals surface area contributed by atoms with Crippen molar-refractivity contribution in [1.29, 1.82) is 0 Å². The lowest BCUT2D eigenvalue weighted by molar-refractivity contribution is 0.0600. The van der Waals surface area contributed by atoms with Crippen molar-refractivity contribution in [1.82, 2.24) is 0 Å². The molecule has 1 aliphatic carbocycles. The van der Waals surface area contributed by atoms with E-state index in [0.29, 0.717) is 11.5 Å². The molecule has 1 aromatic rings. The molecule has 0 heterocycles. The van der Waals surface area contributed by atoms with Crippen LogP contribution in [0.5, 0.6) is 0 Å². The van der Waals surface area contributed by atoms with Crippen LogP contribution in [0.4, 0.5) is 0 Å². The van der Waals surface area contributed by atoms with Crippen molar-refractivity contribution in [2.75, 3.05) is 7.11 Å². The Morgan fingerprint density at radius 1 is 1.28 bits per heavy atom. The van der Waals surface area contributed by atoms with E-state index in [-0.39, 0.29) is 5.97 Å². The lowest BCUT2D eigenvalue weighted by atomic mass is 9.89. The van der Waals surface area contributed by atoms with Gasteiger partial charge in [-0.25, -0.2) is 4.79 Å². The summed E-state index contributed by atoms with van der Waals surface area (Å²) in [6.45, 7) is 0.